The Kier molecular flexibility index (Phi) is 3.60. The van der Waals surface area contributed by atoms with Crippen molar-refractivity contribution in [1.29, 1.82) is 0 Å². The number of rotatable bonds is 2. The second-order valence-corrected chi connectivity index (χ2v) is 5.32. The normalized spacial score (nSPS) is 19.3. The predicted molar refractivity (Wildman–Crippen MR) is 79.0 cm³/mol. The van der Waals surface area contributed by atoms with E-state index in [1.165, 1.54) is 41.5 Å². The van der Waals surface area contributed by atoms with Gasteiger partial charge in [0.15, 0.2) is 0 Å². The van der Waals surface area contributed by atoms with Crippen LogP contribution in [0.2, 0.25) is 0 Å². The molecule has 2 heteroatoms. The lowest BCUT2D eigenvalue weighted by atomic mass is 9.94. The van der Waals surface area contributed by atoms with Crippen LogP contribution in [0.1, 0.15) is 36.4 Å². The lowest BCUT2D eigenvalue weighted by Gasteiger charge is -2.24. The lowest BCUT2D eigenvalue weighted by molar-refractivity contribution is 0.412. The fraction of sp³-hybridized carbons (Fsp3) is 0.353. The molecule has 0 saturated carbocycles. The Balaban J connectivity index is 1.93. The van der Waals surface area contributed by atoms with Crippen LogP contribution in [0.25, 0.3) is 11.1 Å². The third kappa shape index (κ3) is 2.69. The van der Waals surface area contributed by atoms with Gasteiger partial charge < -0.3 is 5.32 Å². The first-order chi connectivity index (χ1) is 9.34. The maximum absolute atomic E-state index is 4.17. The molecule has 0 radical (unpaired) electrons. The van der Waals surface area contributed by atoms with Gasteiger partial charge in [-0.2, -0.15) is 0 Å². The minimum Gasteiger partial charge on any atom is -0.310 e. The van der Waals surface area contributed by atoms with Crippen LogP contribution in [0, 0.1) is 6.92 Å². The minimum absolute atomic E-state index is 0.524. The second kappa shape index (κ2) is 5.54. The highest BCUT2D eigenvalue weighted by molar-refractivity contribution is 5.67. The Hall–Kier alpha value is -1.67. The van der Waals surface area contributed by atoms with E-state index in [-0.39, 0.29) is 0 Å². The topological polar surface area (TPSA) is 24.9 Å². The fourth-order valence-corrected chi connectivity index (χ4v) is 2.86. The third-order valence-electron chi connectivity index (χ3n) is 3.93. The molecule has 98 valence electrons. The molecule has 2 nitrogen and oxygen atoms in total. The molecule has 2 heterocycles. The van der Waals surface area contributed by atoms with Gasteiger partial charge in [0.25, 0.3) is 0 Å². The number of nitrogens with one attached hydrogen (secondary N) is 1. The molecule has 1 N–H and O–H groups in total. The summed E-state index contributed by atoms with van der Waals surface area (Å²) in [6.45, 7) is 3.26. The van der Waals surface area contributed by atoms with E-state index >= 15 is 0 Å². The van der Waals surface area contributed by atoms with Gasteiger partial charge in [-0.3, -0.25) is 4.98 Å². The first-order valence-electron chi connectivity index (χ1n) is 7.09. The highest BCUT2D eigenvalue weighted by atomic mass is 14.9. The summed E-state index contributed by atoms with van der Waals surface area (Å²) in [6, 6.07) is 11.5. The summed E-state index contributed by atoms with van der Waals surface area (Å²) in [5.41, 5.74) is 5.22. The van der Waals surface area contributed by atoms with Gasteiger partial charge >= 0.3 is 0 Å². The number of benzene rings is 1. The van der Waals surface area contributed by atoms with Crippen molar-refractivity contribution in [3.8, 4) is 11.1 Å². The van der Waals surface area contributed by atoms with Gasteiger partial charge in [0.2, 0.25) is 0 Å². The van der Waals surface area contributed by atoms with Crippen LogP contribution >= 0.6 is 0 Å². The third-order valence-corrected chi connectivity index (χ3v) is 3.93. The Labute approximate surface area is 114 Å². The van der Waals surface area contributed by atoms with E-state index < -0.39 is 0 Å². The van der Waals surface area contributed by atoms with E-state index in [1.54, 1.807) is 0 Å². The van der Waals surface area contributed by atoms with Crippen LogP contribution in [-0.2, 0) is 0 Å². The first-order valence-corrected chi connectivity index (χ1v) is 7.09. The van der Waals surface area contributed by atoms with Gasteiger partial charge in [0.1, 0.15) is 0 Å². The van der Waals surface area contributed by atoms with Crippen molar-refractivity contribution < 1.29 is 0 Å². The van der Waals surface area contributed by atoms with Gasteiger partial charge in [-0.1, -0.05) is 24.6 Å². The molecule has 1 aromatic carbocycles. The van der Waals surface area contributed by atoms with E-state index in [1.807, 2.05) is 12.4 Å². The van der Waals surface area contributed by atoms with Gasteiger partial charge in [-0.15, -0.1) is 0 Å². The average Bonchev–Trinajstić information content (AvgIpc) is 2.49. The van der Waals surface area contributed by atoms with E-state index in [0.717, 1.165) is 6.54 Å². The van der Waals surface area contributed by atoms with Gasteiger partial charge in [0.05, 0.1) is 0 Å². The van der Waals surface area contributed by atoms with Crippen LogP contribution < -0.4 is 5.32 Å². The zero-order valence-electron chi connectivity index (χ0n) is 11.4. The molecule has 0 spiro atoms. The van der Waals surface area contributed by atoms with Crippen molar-refractivity contribution in [2.24, 2.45) is 0 Å². The maximum Gasteiger partial charge on any atom is 0.0320 e. The maximum atomic E-state index is 4.17. The summed E-state index contributed by atoms with van der Waals surface area (Å²) in [7, 11) is 0. The summed E-state index contributed by atoms with van der Waals surface area (Å²) in [5.74, 6) is 0. The van der Waals surface area contributed by atoms with Crippen LogP contribution in [0.4, 0.5) is 0 Å². The van der Waals surface area contributed by atoms with Crippen molar-refractivity contribution in [1.82, 2.24) is 10.3 Å². The number of nitrogens with zero attached hydrogens (tertiary/aromatic N) is 1. The van der Waals surface area contributed by atoms with Gasteiger partial charge in [0, 0.05) is 18.4 Å². The lowest BCUT2D eigenvalue weighted by Crippen LogP contribution is -2.26. The molecule has 19 heavy (non-hydrogen) atoms. The molecule has 0 aliphatic carbocycles. The molecule has 1 saturated heterocycles. The smallest absolute Gasteiger partial charge is 0.0320 e. The Morgan fingerprint density at radius 2 is 2.16 bits per heavy atom. The second-order valence-electron chi connectivity index (χ2n) is 5.32. The Bertz CT molecular complexity index is 557. The molecule has 0 bridgehead atoms. The summed E-state index contributed by atoms with van der Waals surface area (Å²) in [4.78, 5) is 4.17. The van der Waals surface area contributed by atoms with Crippen LogP contribution in [0.5, 0.6) is 0 Å². The van der Waals surface area contributed by atoms with E-state index in [2.05, 4.69) is 47.6 Å². The largest absolute Gasteiger partial charge is 0.310 e. The van der Waals surface area contributed by atoms with Gasteiger partial charge in [-0.05, 0) is 60.7 Å². The molecule has 1 fully saturated rings. The fourth-order valence-electron chi connectivity index (χ4n) is 2.86. The van der Waals surface area contributed by atoms with Crippen molar-refractivity contribution in [2.45, 2.75) is 32.2 Å². The van der Waals surface area contributed by atoms with Crippen LogP contribution in [0.3, 0.4) is 0 Å². The van der Waals surface area contributed by atoms with E-state index in [9.17, 15) is 0 Å². The summed E-state index contributed by atoms with van der Waals surface area (Å²) >= 11 is 0. The summed E-state index contributed by atoms with van der Waals surface area (Å²) < 4.78 is 0. The molecular formula is C17H20N2. The SMILES string of the molecule is Cc1cnccc1-c1cccc(C2CCCCN2)c1. The van der Waals surface area contributed by atoms with Crippen molar-refractivity contribution in [3.63, 3.8) is 0 Å². The molecule has 0 amide bonds. The highest BCUT2D eigenvalue weighted by Gasteiger charge is 2.15. The molecule has 1 aliphatic rings. The molecule has 1 aliphatic heterocycles. The van der Waals surface area contributed by atoms with Crippen molar-refractivity contribution >= 4 is 0 Å². The molecule has 3 rings (SSSR count). The standard InChI is InChI=1S/C17H20N2/c1-13-12-18-10-8-16(13)14-5-4-6-15(11-14)17-7-2-3-9-19-17/h4-6,8,10-12,17,19H,2-3,7,9H2,1H3. The molecular weight excluding hydrogens is 232 g/mol. The monoisotopic (exact) mass is 252 g/mol. The molecule has 1 aromatic heterocycles. The number of hydrogen-bond acceptors (Lipinski definition) is 2. The molecule has 1 unspecified atom stereocenters. The first kappa shape index (κ1) is 12.4. The number of hydrogen-bond donors (Lipinski definition) is 1. The molecule has 2 aromatic rings. The van der Waals surface area contributed by atoms with Gasteiger partial charge in [-0.25, -0.2) is 0 Å². The molecule has 1 atom stereocenters. The minimum atomic E-state index is 0.524. The Morgan fingerprint density at radius 3 is 2.95 bits per heavy atom. The predicted octanol–water partition coefficient (Wildman–Crippen LogP) is 3.87. The highest BCUT2D eigenvalue weighted by Crippen LogP contribution is 2.28. The van der Waals surface area contributed by atoms with Crippen LogP contribution in [-0.4, -0.2) is 11.5 Å². The average molecular weight is 252 g/mol. The van der Waals surface area contributed by atoms with E-state index in [0.29, 0.717) is 6.04 Å². The van der Waals surface area contributed by atoms with Crippen LogP contribution in [0.15, 0.2) is 42.7 Å². The Morgan fingerprint density at radius 1 is 1.21 bits per heavy atom. The number of pyridine rings is 1. The van der Waals surface area contributed by atoms with E-state index in [4.69, 9.17) is 0 Å². The van der Waals surface area contributed by atoms with Crippen molar-refractivity contribution in [3.05, 3.63) is 53.9 Å². The number of aromatic nitrogens is 1. The number of aryl methyl sites for hydroxylation is 1. The summed E-state index contributed by atoms with van der Waals surface area (Å²) in [5, 5.41) is 3.62. The summed E-state index contributed by atoms with van der Waals surface area (Å²) in [6.07, 6.45) is 7.68. The zero-order chi connectivity index (χ0) is 13.1. The number of piperidine rings is 1. The van der Waals surface area contributed by atoms with Crippen molar-refractivity contribution in [2.75, 3.05) is 6.54 Å². The zero-order valence-corrected chi connectivity index (χ0v) is 11.4. The quantitative estimate of drug-likeness (QED) is 0.877.